The summed E-state index contributed by atoms with van der Waals surface area (Å²) in [5.74, 6) is 0.851. The van der Waals surface area contributed by atoms with Gasteiger partial charge in [0.1, 0.15) is 0 Å². The van der Waals surface area contributed by atoms with Crippen LogP contribution in [-0.2, 0) is 6.42 Å². The van der Waals surface area contributed by atoms with E-state index in [1.165, 1.54) is 11.1 Å². The Hall–Kier alpha value is -2.36. The van der Waals surface area contributed by atoms with Gasteiger partial charge in [0.15, 0.2) is 5.96 Å². The summed E-state index contributed by atoms with van der Waals surface area (Å²) in [4.78, 5) is 8.98. The summed E-state index contributed by atoms with van der Waals surface area (Å²) in [5, 5.41) is 6.75. The number of aliphatic imine (C=N–C) groups is 1. The van der Waals surface area contributed by atoms with Crippen LogP contribution in [-0.4, -0.2) is 24.0 Å². The van der Waals surface area contributed by atoms with E-state index >= 15 is 0 Å². The molecule has 1 atom stereocenters. The zero-order valence-corrected chi connectivity index (χ0v) is 14.2. The molecule has 1 aromatic carbocycles. The Balaban J connectivity index is 1.93. The normalized spacial score (nSPS) is 12.7. The highest BCUT2D eigenvalue weighted by Crippen LogP contribution is 2.10. The van der Waals surface area contributed by atoms with Crippen LogP contribution < -0.4 is 10.6 Å². The summed E-state index contributed by atoms with van der Waals surface area (Å²) >= 11 is 0. The first-order chi connectivity index (χ1) is 11.2. The fourth-order valence-corrected chi connectivity index (χ4v) is 2.29. The second-order valence-corrected chi connectivity index (χ2v) is 5.60. The number of pyridine rings is 1. The van der Waals surface area contributed by atoms with Crippen LogP contribution in [0.4, 0.5) is 0 Å². The molecule has 0 radical (unpaired) electrons. The molecule has 0 amide bonds. The zero-order chi connectivity index (χ0) is 16.5. The molecule has 4 nitrogen and oxygen atoms in total. The predicted octanol–water partition coefficient (Wildman–Crippen LogP) is 3.25. The van der Waals surface area contributed by atoms with E-state index in [0.29, 0.717) is 0 Å². The van der Waals surface area contributed by atoms with Gasteiger partial charge in [0.05, 0.1) is 6.04 Å². The number of benzene rings is 1. The summed E-state index contributed by atoms with van der Waals surface area (Å²) in [6.07, 6.45) is 2.82. The van der Waals surface area contributed by atoms with E-state index in [1.54, 1.807) is 0 Å². The van der Waals surface area contributed by atoms with Crippen LogP contribution in [0.5, 0.6) is 0 Å². The van der Waals surface area contributed by atoms with Gasteiger partial charge in [0, 0.05) is 25.0 Å². The number of nitrogens with one attached hydrogen (secondary N) is 2. The molecule has 0 fully saturated rings. The Kier molecular flexibility index (Phi) is 6.60. The standard InChI is InChI=1S/C19H26N4/c1-4-20-19(23-16(3)18-8-6-5-7-9-18)21-13-12-17-11-10-15(2)22-14-17/h5-11,14,16H,4,12-13H2,1-3H3,(H2,20,21,23). The van der Waals surface area contributed by atoms with E-state index < -0.39 is 0 Å². The lowest BCUT2D eigenvalue weighted by atomic mass is 10.1. The van der Waals surface area contributed by atoms with Crippen molar-refractivity contribution in [3.8, 4) is 0 Å². The first-order valence-corrected chi connectivity index (χ1v) is 8.20. The van der Waals surface area contributed by atoms with Crippen LogP contribution in [0.15, 0.2) is 53.7 Å². The molecule has 1 aromatic heterocycles. The first kappa shape index (κ1) is 17.0. The number of hydrogen-bond donors (Lipinski definition) is 2. The summed E-state index contributed by atoms with van der Waals surface area (Å²) in [5.41, 5.74) is 3.51. The Morgan fingerprint density at radius 2 is 1.96 bits per heavy atom. The zero-order valence-electron chi connectivity index (χ0n) is 14.2. The van der Waals surface area contributed by atoms with Crippen molar-refractivity contribution in [3.63, 3.8) is 0 Å². The number of nitrogens with zero attached hydrogens (tertiary/aromatic N) is 2. The fourth-order valence-electron chi connectivity index (χ4n) is 2.29. The number of rotatable bonds is 6. The Morgan fingerprint density at radius 3 is 2.61 bits per heavy atom. The molecule has 1 heterocycles. The van der Waals surface area contributed by atoms with Crippen molar-refractivity contribution in [1.29, 1.82) is 0 Å². The van der Waals surface area contributed by atoms with Crippen LogP contribution in [0, 0.1) is 6.92 Å². The third-order valence-electron chi connectivity index (χ3n) is 3.64. The van der Waals surface area contributed by atoms with Gasteiger partial charge in [0.2, 0.25) is 0 Å². The minimum absolute atomic E-state index is 0.218. The highest BCUT2D eigenvalue weighted by atomic mass is 15.2. The van der Waals surface area contributed by atoms with Crippen LogP contribution in [0.2, 0.25) is 0 Å². The number of hydrogen-bond acceptors (Lipinski definition) is 2. The number of aryl methyl sites for hydroxylation is 1. The van der Waals surface area contributed by atoms with Crippen molar-refractivity contribution in [1.82, 2.24) is 15.6 Å². The van der Waals surface area contributed by atoms with E-state index in [4.69, 9.17) is 0 Å². The van der Waals surface area contributed by atoms with Gasteiger partial charge < -0.3 is 10.6 Å². The smallest absolute Gasteiger partial charge is 0.191 e. The van der Waals surface area contributed by atoms with Gasteiger partial charge in [0.25, 0.3) is 0 Å². The summed E-state index contributed by atoms with van der Waals surface area (Å²) < 4.78 is 0. The second kappa shape index (κ2) is 8.93. The molecule has 0 bridgehead atoms. The molecule has 122 valence electrons. The lowest BCUT2D eigenvalue weighted by Crippen LogP contribution is -2.38. The second-order valence-electron chi connectivity index (χ2n) is 5.60. The Labute approximate surface area is 139 Å². The van der Waals surface area contributed by atoms with E-state index in [2.05, 4.69) is 64.8 Å². The van der Waals surface area contributed by atoms with Crippen LogP contribution in [0.3, 0.4) is 0 Å². The SMILES string of the molecule is CCNC(=NCCc1ccc(C)nc1)NC(C)c1ccccc1. The summed E-state index contributed by atoms with van der Waals surface area (Å²) in [6, 6.07) is 14.8. The number of guanidine groups is 1. The van der Waals surface area contributed by atoms with E-state index in [9.17, 15) is 0 Å². The van der Waals surface area contributed by atoms with Crippen molar-refractivity contribution < 1.29 is 0 Å². The molecule has 2 aromatic rings. The molecule has 4 heteroatoms. The van der Waals surface area contributed by atoms with Gasteiger partial charge in [-0.1, -0.05) is 36.4 Å². The quantitative estimate of drug-likeness (QED) is 0.636. The Bertz CT molecular complexity index is 605. The summed E-state index contributed by atoms with van der Waals surface area (Å²) in [6.45, 7) is 7.81. The van der Waals surface area contributed by atoms with Crippen LogP contribution >= 0.6 is 0 Å². The highest BCUT2D eigenvalue weighted by molar-refractivity contribution is 5.80. The van der Waals surface area contributed by atoms with Crippen LogP contribution in [0.25, 0.3) is 0 Å². The largest absolute Gasteiger partial charge is 0.357 e. The highest BCUT2D eigenvalue weighted by Gasteiger charge is 2.06. The molecule has 0 aliphatic heterocycles. The van der Waals surface area contributed by atoms with Crippen molar-refractivity contribution in [2.75, 3.05) is 13.1 Å². The Morgan fingerprint density at radius 1 is 1.17 bits per heavy atom. The third-order valence-corrected chi connectivity index (χ3v) is 3.64. The van der Waals surface area contributed by atoms with Gasteiger partial charge in [-0.2, -0.15) is 0 Å². The topological polar surface area (TPSA) is 49.3 Å². The molecular formula is C19H26N4. The van der Waals surface area contributed by atoms with E-state index in [0.717, 1.165) is 31.2 Å². The maximum Gasteiger partial charge on any atom is 0.191 e. The third kappa shape index (κ3) is 5.74. The van der Waals surface area contributed by atoms with Gasteiger partial charge in [-0.05, 0) is 44.4 Å². The molecule has 0 aliphatic rings. The van der Waals surface area contributed by atoms with Crippen molar-refractivity contribution in [2.45, 2.75) is 33.2 Å². The molecule has 2 rings (SSSR count). The van der Waals surface area contributed by atoms with Crippen molar-refractivity contribution in [2.24, 2.45) is 4.99 Å². The molecule has 1 unspecified atom stereocenters. The molecule has 2 N–H and O–H groups in total. The maximum atomic E-state index is 4.66. The molecule has 23 heavy (non-hydrogen) atoms. The van der Waals surface area contributed by atoms with Crippen molar-refractivity contribution in [3.05, 3.63) is 65.5 Å². The lowest BCUT2D eigenvalue weighted by Gasteiger charge is -2.18. The number of aromatic nitrogens is 1. The van der Waals surface area contributed by atoms with Crippen molar-refractivity contribution >= 4 is 5.96 Å². The average molecular weight is 310 g/mol. The van der Waals surface area contributed by atoms with Gasteiger partial charge in [-0.25, -0.2) is 0 Å². The fraction of sp³-hybridized carbons (Fsp3) is 0.368. The summed E-state index contributed by atoms with van der Waals surface area (Å²) in [7, 11) is 0. The average Bonchev–Trinajstić information content (AvgIpc) is 2.57. The molecule has 0 spiro atoms. The minimum Gasteiger partial charge on any atom is -0.357 e. The first-order valence-electron chi connectivity index (χ1n) is 8.20. The van der Waals surface area contributed by atoms with Crippen LogP contribution in [0.1, 0.15) is 36.7 Å². The molecule has 0 aliphatic carbocycles. The molecule has 0 saturated heterocycles. The van der Waals surface area contributed by atoms with Gasteiger partial charge in [-0.3, -0.25) is 9.98 Å². The lowest BCUT2D eigenvalue weighted by molar-refractivity contribution is 0.686. The van der Waals surface area contributed by atoms with Gasteiger partial charge in [-0.15, -0.1) is 0 Å². The minimum atomic E-state index is 0.218. The molecular weight excluding hydrogens is 284 g/mol. The van der Waals surface area contributed by atoms with E-state index in [-0.39, 0.29) is 6.04 Å². The maximum absolute atomic E-state index is 4.66. The van der Waals surface area contributed by atoms with E-state index in [1.807, 2.05) is 25.3 Å². The molecule has 0 saturated carbocycles. The monoisotopic (exact) mass is 310 g/mol. The van der Waals surface area contributed by atoms with Gasteiger partial charge >= 0.3 is 0 Å². The predicted molar refractivity (Wildman–Crippen MR) is 96.6 cm³/mol.